The molecule has 1 rings (SSSR count). The van der Waals surface area contributed by atoms with E-state index in [9.17, 15) is 10.1 Å². The van der Waals surface area contributed by atoms with Crippen LogP contribution in [0.4, 0.5) is 11.4 Å². The molecule has 0 fully saturated rings. The van der Waals surface area contributed by atoms with E-state index in [1.54, 1.807) is 13.1 Å². The average molecular weight is 232 g/mol. The molecule has 0 saturated carbocycles. The van der Waals surface area contributed by atoms with E-state index in [0.717, 1.165) is 0 Å². The molecule has 0 aliphatic heterocycles. The lowest BCUT2D eigenvalue weighted by Gasteiger charge is -2.00. The fraction of sp³-hybridized carbons (Fsp3) is 0.167. The first-order valence-electron chi connectivity index (χ1n) is 3.13. The molecule has 1 aromatic rings. The lowest BCUT2D eigenvalue weighted by molar-refractivity contribution is -0.384. The average Bonchev–Trinajstić information content (AvgIpc) is 2.03. The zero-order valence-electron chi connectivity index (χ0n) is 6.24. The zero-order valence-corrected chi connectivity index (χ0v) is 7.83. The monoisotopic (exact) mass is 231 g/mol. The van der Waals surface area contributed by atoms with Gasteiger partial charge >= 0.3 is 5.69 Å². The first-order valence-corrected chi connectivity index (χ1v) is 3.92. The van der Waals surface area contributed by atoms with E-state index >= 15 is 0 Å². The van der Waals surface area contributed by atoms with Gasteiger partial charge in [-0.05, 0) is 15.9 Å². The van der Waals surface area contributed by atoms with Gasteiger partial charge in [0.25, 0.3) is 0 Å². The third-order valence-electron chi connectivity index (χ3n) is 1.32. The predicted molar refractivity (Wildman–Crippen MR) is 48.1 cm³/mol. The van der Waals surface area contributed by atoms with Crippen molar-refractivity contribution in [2.24, 2.45) is 0 Å². The highest BCUT2D eigenvalue weighted by molar-refractivity contribution is 9.10. The molecule has 1 aromatic heterocycles. The summed E-state index contributed by atoms with van der Waals surface area (Å²) in [5, 5.41) is 13.1. The van der Waals surface area contributed by atoms with Gasteiger partial charge in [-0.25, -0.2) is 4.98 Å². The second-order valence-corrected chi connectivity index (χ2v) is 2.84. The summed E-state index contributed by atoms with van der Waals surface area (Å²) in [6, 6.07) is 1.55. The van der Waals surface area contributed by atoms with E-state index in [1.807, 2.05) is 0 Å². The first kappa shape index (κ1) is 8.92. The van der Waals surface area contributed by atoms with Crippen LogP contribution in [0.2, 0.25) is 0 Å². The summed E-state index contributed by atoms with van der Waals surface area (Å²) in [6.45, 7) is 0. The van der Waals surface area contributed by atoms with Crippen LogP contribution in [-0.4, -0.2) is 17.0 Å². The molecular weight excluding hydrogens is 226 g/mol. The van der Waals surface area contributed by atoms with Crippen LogP contribution in [0.3, 0.4) is 0 Å². The number of halogens is 1. The lowest BCUT2D eigenvalue weighted by Crippen LogP contribution is -1.97. The lowest BCUT2D eigenvalue weighted by atomic mass is 10.3. The number of pyridine rings is 1. The largest absolute Gasteiger partial charge is 0.382 e. The SMILES string of the molecule is CNc1cc(Br)ncc1[N+](=O)[O-]. The molecule has 6 heteroatoms. The van der Waals surface area contributed by atoms with Gasteiger partial charge in [0.2, 0.25) is 0 Å². The maximum atomic E-state index is 10.4. The van der Waals surface area contributed by atoms with Crippen molar-refractivity contribution >= 4 is 27.3 Å². The topological polar surface area (TPSA) is 68.1 Å². The van der Waals surface area contributed by atoms with Crippen LogP contribution >= 0.6 is 15.9 Å². The van der Waals surface area contributed by atoms with Crippen LogP contribution in [0.5, 0.6) is 0 Å². The highest BCUT2D eigenvalue weighted by atomic mass is 79.9. The molecule has 64 valence electrons. The van der Waals surface area contributed by atoms with Crippen molar-refractivity contribution in [1.29, 1.82) is 0 Å². The van der Waals surface area contributed by atoms with E-state index in [4.69, 9.17) is 0 Å². The maximum absolute atomic E-state index is 10.4. The smallest absolute Gasteiger partial charge is 0.310 e. The molecule has 0 aliphatic rings. The summed E-state index contributed by atoms with van der Waals surface area (Å²) in [5.74, 6) is 0. The van der Waals surface area contributed by atoms with Crippen molar-refractivity contribution in [2.45, 2.75) is 0 Å². The molecule has 12 heavy (non-hydrogen) atoms. The molecule has 1 heterocycles. The van der Waals surface area contributed by atoms with Gasteiger partial charge in [0.15, 0.2) is 0 Å². The second kappa shape index (κ2) is 3.48. The molecule has 5 nitrogen and oxygen atoms in total. The summed E-state index contributed by atoms with van der Waals surface area (Å²) < 4.78 is 0.567. The zero-order chi connectivity index (χ0) is 9.14. The predicted octanol–water partition coefficient (Wildman–Crippen LogP) is 1.79. The number of rotatable bonds is 2. The standard InChI is InChI=1S/C6H6BrN3O2/c1-8-4-2-6(7)9-3-5(4)10(11)12/h2-3H,1H3,(H,8,9). The molecule has 0 aromatic carbocycles. The fourth-order valence-electron chi connectivity index (χ4n) is 0.768. The fourth-order valence-corrected chi connectivity index (χ4v) is 1.10. The van der Waals surface area contributed by atoms with Crippen molar-refractivity contribution in [3.05, 3.63) is 27.0 Å². The Hall–Kier alpha value is -1.17. The molecule has 0 radical (unpaired) electrons. The summed E-state index contributed by atoms with van der Waals surface area (Å²) in [4.78, 5) is 13.7. The van der Waals surface area contributed by atoms with Crippen LogP contribution in [0.15, 0.2) is 16.9 Å². The Morgan fingerprint density at radius 1 is 1.75 bits per heavy atom. The Morgan fingerprint density at radius 2 is 2.42 bits per heavy atom. The number of anilines is 1. The molecule has 0 saturated heterocycles. The summed E-state index contributed by atoms with van der Waals surface area (Å²) >= 11 is 3.11. The van der Waals surface area contributed by atoms with Gasteiger partial charge in [0.1, 0.15) is 16.5 Å². The minimum Gasteiger partial charge on any atom is -0.382 e. The van der Waals surface area contributed by atoms with E-state index in [2.05, 4.69) is 26.2 Å². The van der Waals surface area contributed by atoms with E-state index in [-0.39, 0.29) is 5.69 Å². The molecule has 0 bridgehead atoms. The van der Waals surface area contributed by atoms with Gasteiger partial charge in [-0.15, -0.1) is 0 Å². The van der Waals surface area contributed by atoms with Gasteiger partial charge in [-0.3, -0.25) is 10.1 Å². The number of aromatic nitrogens is 1. The molecule has 0 aliphatic carbocycles. The van der Waals surface area contributed by atoms with Crippen molar-refractivity contribution in [3.63, 3.8) is 0 Å². The summed E-state index contributed by atoms with van der Waals surface area (Å²) in [5.41, 5.74) is 0.419. The van der Waals surface area contributed by atoms with E-state index < -0.39 is 4.92 Å². The molecule has 0 amide bonds. The minimum absolute atomic E-state index is 0.0271. The highest BCUT2D eigenvalue weighted by Gasteiger charge is 2.12. The second-order valence-electron chi connectivity index (χ2n) is 2.03. The normalized spacial score (nSPS) is 9.50. The Labute approximate surface area is 77.1 Å². The molecular formula is C6H6BrN3O2. The van der Waals surface area contributed by atoms with Crippen LogP contribution in [0, 0.1) is 10.1 Å². The van der Waals surface area contributed by atoms with Crippen LogP contribution in [0.1, 0.15) is 0 Å². The minimum atomic E-state index is -0.481. The van der Waals surface area contributed by atoms with Crippen LogP contribution in [0.25, 0.3) is 0 Å². The molecule has 0 unspecified atom stereocenters. The molecule has 1 N–H and O–H groups in total. The molecule has 0 atom stereocenters. The van der Waals surface area contributed by atoms with Crippen molar-refractivity contribution in [2.75, 3.05) is 12.4 Å². The third-order valence-corrected chi connectivity index (χ3v) is 1.75. The number of nitrogens with zero attached hydrogens (tertiary/aromatic N) is 2. The highest BCUT2D eigenvalue weighted by Crippen LogP contribution is 2.24. The Balaban J connectivity index is 3.20. The first-order chi connectivity index (χ1) is 5.65. The summed E-state index contributed by atoms with van der Waals surface area (Å²) in [6.07, 6.45) is 1.20. The van der Waals surface area contributed by atoms with E-state index in [1.165, 1.54) is 6.20 Å². The van der Waals surface area contributed by atoms with Gasteiger partial charge in [0.05, 0.1) is 4.92 Å². The summed E-state index contributed by atoms with van der Waals surface area (Å²) in [7, 11) is 1.62. The van der Waals surface area contributed by atoms with Gasteiger partial charge in [-0.1, -0.05) is 0 Å². The maximum Gasteiger partial charge on any atom is 0.310 e. The number of nitro groups is 1. The van der Waals surface area contributed by atoms with Gasteiger partial charge in [0, 0.05) is 13.1 Å². The van der Waals surface area contributed by atoms with Gasteiger partial charge < -0.3 is 5.32 Å². The van der Waals surface area contributed by atoms with Crippen LogP contribution < -0.4 is 5.32 Å². The van der Waals surface area contributed by atoms with Gasteiger partial charge in [-0.2, -0.15) is 0 Å². The Morgan fingerprint density at radius 3 is 2.92 bits per heavy atom. The number of hydrogen-bond donors (Lipinski definition) is 1. The van der Waals surface area contributed by atoms with E-state index in [0.29, 0.717) is 10.3 Å². The molecule has 0 spiro atoms. The number of nitrogens with one attached hydrogen (secondary N) is 1. The quantitative estimate of drug-likeness (QED) is 0.479. The van der Waals surface area contributed by atoms with Crippen molar-refractivity contribution < 1.29 is 4.92 Å². The van der Waals surface area contributed by atoms with Crippen molar-refractivity contribution in [1.82, 2.24) is 4.98 Å². The Kier molecular flexibility index (Phi) is 2.59. The third kappa shape index (κ3) is 1.70. The Bertz CT molecular complexity index is 316. The number of hydrogen-bond acceptors (Lipinski definition) is 4. The van der Waals surface area contributed by atoms with Crippen molar-refractivity contribution in [3.8, 4) is 0 Å². The van der Waals surface area contributed by atoms with Crippen LogP contribution in [-0.2, 0) is 0 Å².